The highest BCUT2D eigenvalue weighted by molar-refractivity contribution is 7.98. The zero-order chi connectivity index (χ0) is 40.2. The van der Waals surface area contributed by atoms with E-state index >= 15 is 0 Å². The van der Waals surface area contributed by atoms with Crippen LogP contribution >= 0.6 is 11.8 Å². The first kappa shape index (κ1) is 46.3. The van der Waals surface area contributed by atoms with Crippen LogP contribution in [0.25, 0.3) is 0 Å². The number of benzene rings is 1. The van der Waals surface area contributed by atoms with Gasteiger partial charge in [-0.2, -0.15) is 11.8 Å². The van der Waals surface area contributed by atoms with E-state index in [0.29, 0.717) is 24.2 Å². The van der Waals surface area contributed by atoms with Gasteiger partial charge in [0.15, 0.2) is 0 Å². The summed E-state index contributed by atoms with van der Waals surface area (Å²) in [6.07, 6.45) is 1.70. The van der Waals surface area contributed by atoms with Crippen LogP contribution in [0.5, 0.6) is 0 Å². The summed E-state index contributed by atoms with van der Waals surface area (Å²) in [7, 11) is 0. The number of nitrogens with one attached hydrogen (secondary N) is 6. The van der Waals surface area contributed by atoms with Crippen molar-refractivity contribution in [3.05, 3.63) is 35.9 Å². The SMILES string of the molecule is CSCC[C@H](NC(=O)[C@H](CC(C)C)NC(=O)CCNC(=O)[C@H](NC(=O)[C@@H](Cc1ccccc1)NC(=O)[C@H](C)NC(=O)[C@H](N)CC(=O)O)C(C)C)C(N)=O. The monoisotopic (exact) mass is 764 g/mol. The molecule has 0 aliphatic rings. The number of hydrogen-bond acceptors (Lipinski definition) is 10. The fourth-order valence-corrected chi connectivity index (χ4v) is 5.45. The lowest BCUT2D eigenvalue weighted by molar-refractivity contribution is -0.139. The average molecular weight is 765 g/mol. The van der Waals surface area contributed by atoms with Gasteiger partial charge in [0.25, 0.3) is 0 Å². The number of carbonyl (C=O) groups excluding carboxylic acids is 7. The number of amides is 7. The lowest BCUT2D eigenvalue weighted by Gasteiger charge is -2.26. The lowest BCUT2D eigenvalue weighted by Crippen LogP contribution is -2.58. The first-order chi connectivity index (χ1) is 24.9. The molecule has 0 heterocycles. The van der Waals surface area contributed by atoms with Crippen LogP contribution in [0.2, 0.25) is 0 Å². The summed E-state index contributed by atoms with van der Waals surface area (Å²) < 4.78 is 0. The van der Waals surface area contributed by atoms with Crippen LogP contribution in [0.4, 0.5) is 0 Å². The molecule has 0 unspecified atom stereocenters. The third-order valence-electron chi connectivity index (χ3n) is 7.93. The van der Waals surface area contributed by atoms with Gasteiger partial charge < -0.3 is 48.5 Å². The first-order valence-electron chi connectivity index (χ1n) is 17.4. The summed E-state index contributed by atoms with van der Waals surface area (Å²) in [6, 6.07) is 2.13. The molecule has 0 spiro atoms. The van der Waals surface area contributed by atoms with E-state index < -0.39 is 95.9 Å². The summed E-state index contributed by atoms with van der Waals surface area (Å²) in [5.74, 6) is -5.71. The zero-order valence-corrected chi connectivity index (χ0v) is 32.0. The van der Waals surface area contributed by atoms with E-state index in [4.69, 9.17) is 16.6 Å². The van der Waals surface area contributed by atoms with E-state index in [2.05, 4.69) is 31.9 Å². The van der Waals surface area contributed by atoms with Gasteiger partial charge in [-0.15, -0.1) is 0 Å². The maximum atomic E-state index is 13.6. The quantitative estimate of drug-likeness (QED) is 0.0611. The fourth-order valence-electron chi connectivity index (χ4n) is 4.98. The van der Waals surface area contributed by atoms with Gasteiger partial charge in [-0.05, 0) is 49.2 Å². The Morgan fingerprint density at radius 2 is 1.36 bits per heavy atom. The van der Waals surface area contributed by atoms with Crippen LogP contribution < -0.4 is 43.4 Å². The molecule has 296 valence electrons. The van der Waals surface area contributed by atoms with E-state index in [1.54, 1.807) is 44.2 Å². The van der Waals surface area contributed by atoms with Gasteiger partial charge >= 0.3 is 5.97 Å². The number of hydrogen-bond donors (Lipinski definition) is 9. The minimum Gasteiger partial charge on any atom is -0.481 e. The fraction of sp³-hybridized carbons (Fsp3) is 0.600. The van der Waals surface area contributed by atoms with Crippen molar-refractivity contribution in [2.24, 2.45) is 23.3 Å². The Hall–Kier alpha value is -4.71. The third-order valence-corrected chi connectivity index (χ3v) is 8.57. The van der Waals surface area contributed by atoms with Crippen LogP contribution in [0.1, 0.15) is 65.9 Å². The van der Waals surface area contributed by atoms with Gasteiger partial charge in [-0.1, -0.05) is 58.0 Å². The van der Waals surface area contributed by atoms with Crippen molar-refractivity contribution in [2.45, 2.75) is 103 Å². The number of primary amides is 1. The topological polar surface area (TPSA) is 281 Å². The molecule has 7 amide bonds. The summed E-state index contributed by atoms with van der Waals surface area (Å²) >= 11 is 1.50. The molecule has 0 bridgehead atoms. The summed E-state index contributed by atoms with van der Waals surface area (Å²) in [5.41, 5.74) is 11.7. The Bertz CT molecular complexity index is 1410. The second kappa shape index (κ2) is 23.8. The molecular formula is C35H56N8O9S. The highest BCUT2D eigenvalue weighted by Gasteiger charge is 2.31. The van der Waals surface area contributed by atoms with E-state index in [9.17, 15) is 38.4 Å². The van der Waals surface area contributed by atoms with Crippen molar-refractivity contribution in [1.29, 1.82) is 0 Å². The number of carboxylic acids is 1. The molecule has 0 radical (unpaired) electrons. The average Bonchev–Trinajstić information content (AvgIpc) is 3.07. The van der Waals surface area contributed by atoms with E-state index in [1.807, 2.05) is 20.1 Å². The Morgan fingerprint density at radius 3 is 1.91 bits per heavy atom. The van der Waals surface area contributed by atoms with Crippen molar-refractivity contribution in [2.75, 3.05) is 18.6 Å². The van der Waals surface area contributed by atoms with Gasteiger partial charge in [0.1, 0.15) is 30.2 Å². The van der Waals surface area contributed by atoms with E-state index in [-0.39, 0.29) is 25.3 Å². The second-order valence-electron chi connectivity index (χ2n) is 13.5. The van der Waals surface area contributed by atoms with Gasteiger partial charge in [0, 0.05) is 19.4 Å². The van der Waals surface area contributed by atoms with Gasteiger partial charge in [0.2, 0.25) is 41.4 Å². The lowest BCUT2D eigenvalue weighted by atomic mass is 10.0. The number of carbonyl (C=O) groups is 8. The van der Waals surface area contributed by atoms with Crippen molar-refractivity contribution in [1.82, 2.24) is 31.9 Å². The number of thioether (sulfide) groups is 1. The zero-order valence-electron chi connectivity index (χ0n) is 31.2. The molecular weight excluding hydrogens is 708 g/mol. The molecule has 0 saturated heterocycles. The predicted octanol–water partition coefficient (Wildman–Crippen LogP) is -1.08. The molecule has 53 heavy (non-hydrogen) atoms. The molecule has 18 heteroatoms. The third kappa shape index (κ3) is 18.1. The summed E-state index contributed by atoms with van der Waals surface area (Å²) in [6.45, 7) is 8.38. The molecule has 0 saturated carbocycles. The van der Waals surface area contributed by atoms with E-state index in [0.717, 1.165) is 0 Å². The Morgan fingerprint density at radius 1 is 0.755 bits per heavy atom. The van der Waals surface area contributed by atoms with Gasteiger partial charge in [-0.25, -0.2) is 0 Å². The summed E-state index contributed by atoms with van der Waals surface area (Å²) in [5, 5.41) is 24.4. The minimum atomic E-state index is -1.39. The normalized spacial score (nSPS) is 14.4. The van der Waals surface area contributed by atoms with Crippen molar-refractivity contribution >= 4 is 59.1 Å². The number of nitrogens with two attached hydrogens (primary N) is 2. The molecule has 1 rings (SSSR count). The second-order valence-corrected chi connectivity index (χ2v) is 14.4. The molecule has 0 fully saturated rings. The maximum Gasteiger partial charge on any atom is 0.305 e. The van der Waals surface area contributed by atoms with Crippen molar-refractivity contribution in [3.63, 3.8) is 0 Å². The minimum absolute atomic E-state index is 0.0268. The number of aliphatic carboxylic acids is 1. The largest absolute Gasteiger partial charge is 0.481 e. The van der Waals surface area contributed by atoms with Crippen molar-refractivity contribution < 1.29 is 43.5 Å². The molecule has 0 aliphatic carbocycles. The smallest absolute Gasteiger partial charge is 0.305 e. The van der Waals surface area contributed by atoms with Crippen LogP contribution in [0.15, 0.2) is 30.3 Å². The maximum absolute atomic E-state index is 13.6. The first-order valence-corrected chi connectivity index (χ1v) is 18.8. The molecule has 0 aliphatic heterocycles. The Kier molecular flexibility index (Phi) is 20.8. The van der Waals surface area contributed by atoms with Gasteiger partial charge in [0.05, 0.1) is 12.5 Å². The highest BCUT2D eigenvalue weighted by Crippen LogP contribution is 2.09. The van der Waals surface area contributed by atoms with Crippen LogP contribution in [-0.4, -0.2) is 107 Å². The molecule has 0 aromatic heterocycles. The molecule has 1 aromatic rings. The van der Waals surface area contributed by atoms with Gasteiger partial charge in [-0.3, -0.25) is 38.4 Å². The number of carboxylic acid groups (broad SMARTS) is 1. The highest BCUT2D eigenvalue weighted by atomic mass is 32.2. The van der Waals surface area contributed by atoms with Crippen LogP contribution in [0.3, 0.4) is 0 Å². The van der Waals surface area contributed by atoms with Crippen LogP contribution in [-0.2, 0) is 44.8 Å². The van der Waals surface area contributed by atoms with Crippen molar-refractivity contribution in [3.8, 4) is 0 Å². The molecule has 6 atom stereocenters. The Balaban J connectivity index is 2.95. The molecule has 1 aromatic carbocycles. The number of rotatable bonds is 24. The van der Waals surface area contributed by atoms with E-state index in [1.165, 1.54) is 18.7 Å². The standard InChI is InChI=1S/C35H56N8O9S/c1-19(2)16-25(33(50)41-24(30(37)47)13-15-53-6)40-27(44)12-14-38-35(52)29(20(3)4)43-34(51)26(17-22-10-8-7-9-11-22)42-31(48)21(5)39-32(49)23(36)18-28(45)46/h7-11,19-21,23-26,29H,12-18,36H2,1-6H3,(H2,37,47)(H,38,52)(H,39,49)(H,40,44)(H,41,50)(H,42,48)(H,43,51)(H,45,46)/t21-,23+,24-,25-,26+,29+/m0/s1. The molecule has 17 nitrogen and oxygen atoms in total. The summed E-state index contributed by atoms with van der Waals surface area (Å²) in [4.78, 5) is 101. The predicted molar refractivity (Wildman–Crippen MR) is 200 cm³/mol. The van der Waals surface area contributed by atoms with Crippen LogP contribution in [0, 0.1) is 11.8 Å². The Labute approximate surface area is 314 Å². The molecule has 11 N–H and O–H groups in total.